The summed E-state index contributed by atoms with van der Waals surface area (Å²) in [6.07, 6.45) is 2.11. The zero-order valence-corrected chi connectivity index (χ0v) is 15.1. The summed E-state index contributed by atoms with van der Waals surface area (Å²) < 4.78 is 15.8. The predicted molar refractivity (Wildman–Crippen MR) is 90.7 cm³/mol. The van der Waals surface area contributed by atoms with Crippen LogP contribution in [0.1, 0.15) is 18.3 Å². The van der Waals surface area contributed by atoms with Crippen molar-refractivity contribution in [3.8, 4) is 17.2 Å². The molecular weight excluding hydrogens is 346 g/mol. The molecule has 0 spiro atoms. The molecule has 2 aromatic rings. The molecule has 0 saturated carbocycles. The molecule has 0 bridgehead atoms. The fourth-order valence-electron chi connectivity index (χ4n) is 2.05. The molecule has 0 saturated heterocycles. The largest absolute Gasteiger partial charge is 0.544 e. The predicted octanol–water partition coefficient (Wildman–Crippen LogP) is 1.28. The van der Waals surface area contributed by atoms with Gasteiger partial charge in [-0.2, -0.15) is 0 Å². The van der Waals surface area contributed by atoms with Crippen LogP contribution in [0.4, 0.5) is 0 Å². The van der Waals surface area contributed by atoms with E-state index in [4.69, 9.17) is 14.2 Å². The number of benzene rings is 1. The Kier molecular flexibility index (Phi) is 6.29. The highest BCUT2D eigenvalue weighted by molar-refractivity contribution is 8.04. The number of carbonyl (C=O) groups excluding carboxylic acids is 1. The van der Waals surface area contributed by atoms with Crippen LogP contribution < -0.4 is 19.3 Å². The third-order valence-electron chi connectivity index (χ3n) is 3.23. The van der Waals surface area contributed by atoms with Gasteiger partial charge in [-0.25, -0.2) is 4.98 Å². The number of rotatable bonds is 8. The molecule has 0 radical (unpaired) electrons. The van der Waals surface area contributed by atoms with E-state index in [0.29, 0.717) is 40.2 Å². The van der Waals surface area contributed by atoms with E-state index in [9.17, 15) is 9.90 Å². The number of carbonyl (C=O) groups is 1. The highest BCUT2D eigenvalue weighted by Gasteiger charge is 2.14. The fourth-order valence-corrected chi connectivity index (χ4v) is 2.77. The van der Waals surface area contributed by atoms with Crippen LogP contribution in [-0.4, -0.2) is 42.5 Å². The molecule has 0 aliphatic carbocycles. The third-order valence-corrected chi connectivity index (χ3v) is 4.10. The van der Waals surface area contributed by atoms with E-state index in [1.807, 2.05) is 6.92 Å². The third kappa shape index (κ3) is 4.44. The number of hydrogen-bond donors (Lipinski definition) is 1. The maximum atomic E-state index is 11.5. The first kappa shape index (κ1) is 18.7. The molecule has 0 unspecified atom stereocenters. The Morgan fingerprint density at radius 1 is 1.24 bits per heavy atom. The van der Waals surface area contributed by atoms with Crippen LogP contribution in [0.2, 0.25) is 0 Å². The van der Waals surface area contributed by atoms with E-state index >= 15 is 0 Å². The Hall–Kier alpha value is -2.68. The molecule has 2 rings (SSSR count). The number of aryl methyl sites for hydroxylation is 1. The molecule has 134 valence electrons. The average Bonchev–Trinajstić information content (AvgIpc) is 3.07. The van der Waals surface area contributed by atoms with Crippen molar-refractivity contribution in [3.63, 3.8) is 0 Å². The van der Waals surface area contributed by atoms with Crippen molar-refractivity contribution in [2.75, 3.05) is 21.3 Å². The number of H-pyrrole nitrogens is 1. The number of nitrogens with zero attached hydrogens (tertiary/aromatic N) is 2. The van der Waals surface area contributed by atoms with Crippen LogP contribution in [0, 0.1) is 0 Å². The Bertz CT molecular complexity index is 763. The number of nitrogens with one attached hydrogen (secondary N) is 1. The van der Waals surface area contributed by atoms with E-state index in [0.717, 1.165) is 11.8 Å². The lowest BCUT2D eigenvalue weighted by Gasteiger charge is -2.13. The summed E-state index contributed by atoms with van der Waals surface area (Å²) in [5, 5.41) is 18.5. The fraction of sp³-hybridized carbons (Fsp3) is 0.312. The van der Waals surface area contributed by atoms with Gasteiger partial charge >= 0.3 is 0 Å². The number of aliphatic carboxylic acids is 1. The Balaban J connectivity index is 2.40. The molecule has 0 aliphatic heterocycles. The first-order valence-corrected chi connectivity index (χ1v) is 8.16. The van der Waals surface area contributed by atoms with Crippen molar-refractivity contribution in [1.29, 1.82) is 0 Å². The van der Waals surface area contributed by atoms with Gasteiger partial charge in [0.2, 0.25) is 10.9 Å². The first-order valence-electron chi connectivity index (χ1n) is 7.34. The Labute approximate surface area is 149 Å². The minimum absolute atomic E-state index is 0.0454. The van der Waals surface area contributed by atoms with Gasteiger partial charge in [0.05, 0.1) is 27.3 Å². The van der Waals surface area contributed by atoms with Gasteiger partial charge in [0.25, 0.3) is 0 Å². The van der Waals surface area contributed by atoms with Gasteiger partial charge in [0.1, 0.15) is 5.82 Å². The topological polar surface area (TPSA) is 109 Å². The molecule has 8 nitrogen and oxygen atoms in total. The van der Waals surface area contributed by atoms with Gasteiger partial charge in [0.15, 0.2) is 11.5 Å². The molecule has 0 amide bonds. The number of aromatic amines is 1. The van der Waals surface area contributed by atoms with Crippen molar-refractivity contribution in [2.45, 2.75) is 18.5 Å². The van der Waals surface area contributed by atoms with Gasteiger partial charge < -0.3 is 24.1 Å². The second kappa shape index (κ2) is 8.43. The zero-order chi connectivity index (χ0) is 18.4. The van der Waals surface area contributed by atoms with Gasteiger partial charge in [0, 0.05) is 11.3 Å². The number of carboxylic acid groups (broad SMARTS) is 1. The molecule has 0 fully saturated rings. The summed E-state index contributed by atoms with van der Waals surface area (Å²) in [4.78, 5) is 15.6. The van der Waals surface area contributed by atoms with E-state index in [1.54, 1.807) is 12.1 Å². The molecule has 1 heterocycles. The summed E-state index contributed by atoms with van der Waals surface area (Å²) in [6, 6.07) is 3.28. The van der Waals surface area contributed by atoms with Crippen molar-refractivity contribution >= 4 is 23.8 Å². The second-order valence-corrected chi connectivity index (χ2v) is 5.78. The van der Waals surface area contributed by atoms with Gasteiger partial charge in [-0.15, -0.1) is 5.10 Å². The number of aromatic nitrogens is 3. The standard InChI is InChI=1S/C16H19N3O5S/c1-5-13-17-16(19-18-13)25-12(15(20)21)8-9-6-10(22-2)14(24-4)11(7-9)23-3/h6-8H,5H2,1-4H3,(H,20,21)(H,17,18,19)/p-1/b12-8+. The highest BCUT2D eigenvalue weighted by Crippen LogP contribution is 2.39. The average molecular weight is 364 g/mol. The van der Waals surface area contributed by atoms with Crippen LogP contribution in [0.3, 0.4) is 0 Å². The molecule has 1 aromatic carbocycles. The molecular formula is C16H18N3O5S-. The molecule has 1 aromatic heterocycles. The summed E-state index contributed by atoms with van der Waals surface area (Å²) in [5.41, 5.74) is 0.549. The molecule has 9 heteroatoms. The van der Waals surface area contributed by atoms with Gasteiger partial charge in [-0.1, -0.05) is 6.92 Å². The SMILES string of the molecule is CCc1nc(S/C(=C/c2cc(OC)c(OC)c(OC)c2)C(=O)[O-])n[nH]1. The van der Waals surface area contributed by atoms with E-state index in [1.165, 1.54) is 27.4 Å². The minimum Gasteiger partial charge on any atom is -0.544 e. The number of methoxy groups -OCH3 is 3. The maximum absolute atomic E-state index is 11.5. The van der Waals surface area contributed by atoms with E-state index in [-0.39, 0.29) is 4.91 Å². The summed E-state index contributed by atoms with van der Waals surface area (Å²) in [6.45, 7) is 1.92. The minimum atomic E-state index is -1.33. The van der Waals surface area contributed by atoms with Crippen molar-refractivity contribution in [3.05, 3.63) is 28.4 Å². The lowest BCUT2D eigenvalue weighted by atomic mass is 10.1. The number of hydrogen-bond acceptors (Lipinski definition) is 8. The highest BCUT2D eigenvalue weighted by atomic mass is 32.2. The van der Waals surface area contributed by atoms with Crippen LogP contribution >= 0.6 is 11.8 Å². The smallest absolute Gasteiger partial charge is 0.213 e. The Morgan fingerprint density at radius 2 is 1.88 bits per heavy atom. The lowest BCUT2D eigenvalue weighted by Crippen LogP contribution is -2.23. The maximum Gasteiger partial charge on any atom is 0.213 e. The van der Waals surface area contributed by atoms with Crippen LogP contribution in [-0.2, 0) is 11.2 Å². The van der Waals surface area contributed by atoms with Crippen molar-refractivity contribution in [2.24, 2.45) is 0 Å². The first-order chi connectivity index (χ1) is 12.0. The van der Waals surface area contributed by atoms with Gasteiger partial charge in [-0.3, -0.25) is 5.10 Å². The summed E-state index contributed by atoms with van der Waals surface area (Å²) in [5.74, 6) is 0.602. The number of thioether (sulfide) groups is 1. The summed E-state index contributed by atoms with van der Waals surface area (Å²) in [7, 11) is 4.46. The van der Waals surface area contributed by atoms with Crippen LogP contribution in [0.25, 0.3) is 6.08 Å². The van der Waals surface area contributed by atoms with Crippen LogP contribution in [0.5, 0.6) is 17.2 Å². The van der Waals surface area contributed by atoms with Crippen molar-refractivity contribution < 1.29 is 24.1 Å². The molecule has 0 atom stereocenters. The quantitative estimate of drug-likeness (QED) is 0.551. The number of ether oxygens (including phenoxy) is 3. The van der Waals surface area contributed by atoms with Gasteiger partial charge in [-0.05, 0) is 35.5 Å². The molecule has 25 heavy (non-hydrogen) atoms. The second-order valence-electron chi connectivity index (χ2n) is 4.78. The summed E-state index contributed by atoms with van der Waals surface area (Å²) >= 11 is 0.897. The van der Waals surface area contributed by atoms with E-state index in [2.05, 4.69) is 15.2 Å². The Morgan fingerprint density at radius 3 is 2.32 bits per heavy atom. The van der Waals surface area contributed by atoms with E-state index < -0.39 is 5.97 Å². The van der Waals surface area contributed by atoms with Crippen LogP contribution in [0.15, 0.2) is 22.2 Å². The number of carboxylic acids is 1. The zero-order valence-electron chi connectivity index (χ0n) is 14.3. The monoisotopic (exact) mass is 364 g/mol. The molecule has 0 aliphatic rings. The normalized spacial score (nSPS) is 11.3. The van der Waals surface area contributed by atoms with Crippen molar-refractivity contribution in [1.82, 2.24) is 15.2 Å². The lowest BCUT2D eigenvalue weighted by molar-refractivity contribution is -0.297. The molecule has 1 N–H and O–H groups in total.